The lowest BCUT2D eigenvalue weighted by molar-refractivity contribution is -0.146. The van der Waals surface area contributed by atoms with Gasteiger partial charge in [0.15, 0.2) is 0 Å². The van der Waals surface area contributed by atoms with Crippen molar-refractivity contribution in [2.24, 2.45) is 0 Å². The van der Waals surface area contributed by atoms with E-state index in [9.17, 15) is 13.2 Å². The highest BCUT2D eigenvalue weighted by Gasteiger charge is 2.30. The minimum atomic E-state index is -4.13. The Hall–Kier alpha value is -0.330. The minimum absolute atomic E-state index is 0.128. The summed E-state index contributed by atoms with van der Waals surface area (Å²) in [5.74, 6) is 0. The van der Waals surface area contributed by atoms with Crippen molar-refractivity contribution in [2.45, 2.75) is 32.5 Å². The molecule has 0 radical (unpaired) electrons. The summed E-state index contributed by atoms with van der Waals surface area (Å²) in [6, 6.07) is 0. The standard InChI is InChI=1S/C11H23F3N2O/c1-10(2)17-8-4-6-16(7-5-15-3)9-11(12,13)14/h10,15H,4-9H2,1-3H3. The number of hydrogen-bond acceptors (Lipinski definition) is 3. The monoisotopic (exact) mass is 256 g/mol. The van der Waals surface area contributed by atoms with Crippen LogP contribution in [-0.2, 0) is 4.74 Å². The van der Waals surface area contributed by atoms with Crippen molar-refractivity contribution in [3.63, 3.8) is 0 Å². The number of alkyl halides is 3. The lowest BCUT2D eigenvalue weighted by Crippen LogP contribution is -2.39. The van der Waals surface area contributed by atoms with Crippen LogP contribution in [-0.4, -0.2) is 57.0 Å². The molecule has 0 unspecified atom stereocenters. The SMILES string of the molecule is CNCCN(CCCOC(C)C)CC(F)(F)F. The number of halogens is 3. The van der Waals surface area contributed by atoms with Crippen LogP contribution >= 0.6 is 0 Å². The molecular weight excluding hydrogens is 233 g/mol. The van der Waals surface area contributed by atoms with Crippen LogP contribution in [0, 0.1) is 0 Å². The van der Waals surface area contributed by atoms with Gasteiger partial charge in [0.2, 0.25) is 0 Å². The molecule has 3 nitrogen and oxygen atoms in total. The van der Waals surface area contributed by atoms with E-state index in [4.69, 9.17) is 4.74 Å². The first-order valence-electron chi connectivity index (χ1n) is 5.90. The molecule has 0 aromatic rings. The largest absolute Gasteiger partial charge is 0.401 e. The number of ether oxygens (including phenoxy) is 1. The maximum atomic E-state index is 12.3. The van der Waals surface area contributed by atoms with Gasteiger partial charge in [-0.1, -0.05) is 0 Å². The van der Waals surface area contributed by atoms with Crippen LogP contribution in [0.3, 0.4) is 0 Å². The third-order valence-electron chi connectivity index (χ3n) is 2.15. The molecule has 0 aliphatic rings. The van der Waals surface area contributed by atoms with Crippen LogP contribution in [0.25, 0.3) is 0 Å². The van der Waals surface area contributed by atoms with E-state index in [0.29, 0.717) is 32.7 Å². The molecule has 17 heavy (non-hydrogen) atoms. The average Bonchev–Trinajstić information content (AvgIpc) is 2.18. The zero-order valence-electron chi connectivity index (χ0n) is 10.8. The molecule has 0 aromatic carbocycles. The highest BCUT2D eigenvalue weighted by molar-refractivity contribution is 4.64. The Labute approximate surface area is 101 Å². The molecule has 0 atom stereocenters. The van der Waals surface area contributed by atoms with Gasteiger partial charge in [0.05, 0.1) is 12.6 Å². The summed E-state index contributed by atoms with van der Waals surface area (Å²) in [5.41, 5.74) is 0. The molecule has 0 rings (SSSR count). The summed E-state index contributed by atoms with van der Waals surface area (Å²) in [4.78, 5) is 1.40. The van der Waals surface area contributed by atoms with Crippen molar-refractivity contribution in [2.75, 3.05) is 39.8 Å². The maximum Gasteiger partial charge on any atom is 0.401 e. The van der Waals surface area contributed by atoms with Gasteiger partial charge in [0, 0.05) is 26.2 Å². The van der Waals surface area contributed by atoms with Gasteiger partial charge in [0.1, 0.15) is 0 Å². The number of nitrogens with zero attached hydrogens (tertiary/aromatic N) is 1. The molecule has 6 heteroatoms. The lowest BCUT2D eigenvalue weighted by Gasteiger charge is -2.23. The van der Waals surface area contributed by atoms with E-state index < -0.39 is 12.7 Å². The predicted octanol–water partition coefficient (Wildman–Crippen LogP) is 1.89. The topological polar surface area (TPSA) is 24.5 Å². The summed E-state index contributed by atoms with van der Waals surface area (Å²) in [6.45, 7) is 4.84. The molecule has 0 aliphatic carbocycles. The van der Waals surface area contributed by atoms with Crippen LogP contribution < -0.4 is 5.32 Å². The molecular formula is C11H23F3N2O. The highest BCUT2D eigenvalue weighted by Crippen LogP contribution is 2.16. The molecule has 0 saturated carbocycles. The van der Waals surface area contributed by atoms with E-state index in [2.05, 4.69) is 5.32 Å². The second-order valence-electron chi connectivity index (χ2n) is 4.27. The number of nitrogens with one attached hydrogen (secondary N) is 1. The first-order valence-corrected chi connectivity index (χ1v) is 5.90. The summed E-state index contributed by atoms with van der Waals surface area (Å²) in [7, 11) is 1.73. The summed E-state index contributed by atoms with van der Waals surface area (Å²) in [5, 5.41) is 2.85. The molecule has 0 saturated heterocycles. The number of likely N-dealkylation sites (N-methyl/N-ethyl adjacent to an activating group) is 1. The first kappa shape index (κ1) is 16.7. The van der Waals surface area contributed by atoms with E-state index in [1.54, 1.807) is 7.05 Å². The molecule has 0 heterocycles. The number of hydrogen-bond donors (Lipinski definition) is 1. The van der Waals surface area contributed by atoms with Crippen molar-refractivity contribution in [1.29, 1.82) is 0 Å². The third kappa shape index (κ3) is 11.9. The molecule has 0 aliphatic heterocycles. The Bertz CT molecular complexity index is 186. The van der Waals surface area contributed by atoms with Gasteiger partial charge in [-0.15, -0.1) is 0 Å². The van der Waals surface area contributed by atoms with Crippen LogP contribution in [0.5, 0.6) is 0 Å². The van der Waals surface area contributed by atoms with Crippen molar-refractivity contribution in [1.82, 2.24) is 10.2 Å². The van der Waals surface area contributed by atoms with Crippen LogP contribution in [0.4, 0.5) is 13.2 Å². The fourth-order valence-corrected chi connectivity index (χ4v) is 1.40. The van der Waals surface area contributed by atoms with E-state index in [1.165, 1.54) is 4.90 Å². The highest BCUT2D eigenvalue weighted by atomic mass is 19.4. The van der Waals surface area contributed by atoms with Crippen LogP contribution in [0.15, 0.2) is 0 Å². The molecule has 1 N–H and O–H groups in total. The van der Waals surface area contributed by atoms with Gasteiger partial charge in [-0.2, -0.15) is 13.2 Å². The van der Waals surface area contributed by atoms with Gasteiger partial charge >= 0.3 is 6.18 Å². The Morgan fingerprint density at radius 3 is 2.35 bits per heavy atom. The molecule has 104 valence electrons. The second kappa shape index (κ2) is 8.72. The Balaban J connectivity index is 3.85. The molecule has 0 amide bonds. The first-order chi connectivity index (χ1) is 7.85. The summed E-state index contributed by atoms with van der Waals surface area (Å²) in [6.07, 6.45) is -3.38. The zero-order chi connectivity index (χ0) is 13.3. The Morgan fingerprint density at radius 1 is 1.24 bits per heavy atom. The van der Waals surface area contributed by atoms with Gasteiger partial charge in [-0.05, 0) is 27.3 Å². The van der Waals surface area contributed by atoms with E-state index in [1.807, 2.05) is 13.8 Å². The average molecular weight is 256 g/mol. The van der Waals surface area contributed by atoms with E-state index in [0.717, 1.165) is 0 Å². The van der Waals surface area contributed by atoms with Crippen molar-refractivity contribution in [3.8, 4) is 0 Å². The number of rotatable bonds is 9. The normalized spacial score (nSPS) is 12.7. The van der Waals surface area contributed by atoms with Crippen molar-refractivity contribution >= 4 is 0 Å². The smallest absolute Gasteiger partial charge is 0.379 e. The Kier molecular flexibility index (Phi) is 8.55. The van der Waals surface area contributed by atoms with Gasteiger partial charge in [0.25, 0.3) is 0 Å². The summed E-state index contributed by atoms with van der Waals surface area (Å²) < 4.78 is 42.1. The van der Waals surface area contributed by atoms with Crippen LogP contribution in [0.1, 0.15) is 20.3 Å². The minimum Gasteiger partial charge on any atom is -0.379 e. The quantitative estimate of drug-likeness (QED) is 0.638. The van der Waals surface area contributed by atoms with Gasteiger partial charge in [-0.3, -0.25) is 4.90 Å². The maximum absolute atomic E-state index is 12.3. The third-order valence-corrected chi connectivity index (χ3v) is 2.15. The van der Waals surface area contributed by atoms with E-state index in [-0.39, 0.29) is 6.10 Å². The fourth-order valence-electron chi connectivity index (χ4n) is 1.40. The van der Waals surface area contributed by atoms with Gasteiger partial charge < -0.3 is 10.1 Å². The summed E-state index contributed by atoms with van der Waals surface area (Å²) >= 11 is 0. The molecule has 0 aromatic heterocycles. The molecule has 0 bridgehead atoms. The van der Waals surface area contributed by atoms with Gasteiger partial charge in [-0.25, -0.2) is 0 Å². The van der Waals surface area contributed by atoms with Crippen molar-refractivity contribution in [3.05, 3.63) is 0 Å². The van der Waals surface area contributed by atoms with Crippen LogP contribution in [0.2, 0.25) is 0 Å². The lowest BCUT2D eigenvalue weighted by atomic mass is 10.3. The molecule has 0 fully saturated rings. The Morgan fingerprint density at radius 2 is 1.88 bits per heavy atom. The fraction of sp³-hybridized carbons (Fsp3) is 1.00. The van der Waals surface area contributed by atoms with Crippen molar-refractivity contribution < 1.29 is 17.9 Å². The second-order valence-corrected chi connectivity index (χ2v) is 4.27. The molecule has 0 spiro atoms. The predicted molar refractivity (Wildman–Crippen MR) is 62.1 cm³/mol. The zero-order valence-corrected chi connectivity index (χ0v) is 10.8. The van der Waals surface area contributed by atoms with E-state index >= 15 is 0 Å².